The van der Waals surface area contributed by atoms with Gasteiger partial charge in [-0.3, -0.25) is 14.6 Å². The average molecular weight is 581 g/mol. The zero-order valence-electron chi connectivity index (χ0n) is 23.0. The Labute approximate surface area is 240 Å². The van der Waals surface area contributed by atoms with E-state index in [9.17, 15) is 27.9 Å². The van der Waals surface area contributed by atoms with Crippen LogP contribution in [0.1, 0.15) is 40.4 Å². The molecule has 5 rings (SSSR count). The van der Waals surface area contributed by atoms with Crippen LogP contribution in [-0.4, -0.2) is 58.8 Å². The van der Waals surface area contributed by atoms with Crippen LogP contribution in [-0.2, 0) is 6.54 Å². The lowest BCUT2D eigenvalue weighted by Crippen LogP contribution is -2.35. The third kappa shape index (κ3) is 6.32. The molecule has 2 N–H and O–H groups in total. The number of aliphatic hydroxyl groups excluding tert-OH is 1. The fourth-order valence-electron chi connectivity index (χ4n) is 5.35. The van der Waals surface area contributed by atoms with Crippen LogP contribution in [0.4, 0.5) is 13.2 Å². The first-order chi connectivity index (χ1) is 20.2. The summed E-state index contributed by atoms with van der Waals surface area (Å²) in [6.45, 7) is 2.05. The summed E-state index contributed by atoms with van der Waals surface area (Å²) in [5, 5.41) is 13.4. The first-order valence-corrected chi connectivity index (χ1v) is 13.7. The van der Waals surface area contributed by atoms with Crippen molar-refractivity contribution in [1.29, 1.82) is 0 Å². The van der Waals surface area contributed by atoms with Crippen LogP contribution >= 0.6 is 0 Å². The highest BCUT2D eigenvalue weighted by Gasteiger charge is 2.22. The van der Waals surface area contributed by atoms with Gasteiger partial charge >= 0.3 is 0 Å². The summed E-state index contributed by atoms with van der Waals surface area (Å²) in [6.07, 6.45) is 5.23. The van der Waals surface area contributed by atoms with Gasteiger partial charge in [0.25, 0.3) is 11.5 Å². The SMILES string of the molecule is CN1CCC[C@@H](COc2ccnc3ccc(CNC(=O)c4cccn(C(CO)c5cc(F)c(F)c(F)c5)c4=O)cc23)C1. The maximum atomic E-state index is 13.8. The Morgan fingerprint density at radius 2 is 1.95 bits per heavy atom. The van der Waals surface area contributed by atoms with E-state index in [1.165, 1.54) is 18.3 Å². The van der Waals surface area contributed by atoms with Gasteiger partial charge in [-0.2, -0.15) is 0 Å². The topological polar surface area (TPSA) is 96.7 Å². The number of carbonyl (C=O) groups excluding carboxylic acids is 1. The number of nitrogens with zero attached hydrogens (tertiary/aromatic N) is 3. The number of piperidine rings is 1. The Kier molecular flexibility index (Phi) is 8.89. The average Bonchev–Trinajstić information content (AvgIpc) is 2.98. The van der Waals surface area contributed by atoms with Crippen molar-refractivity contribution in [2.24, 2.45) is 5.92 Å². The number of ether oxygens (including phenoxy) is 1. The van der Waals surface area contributed by atoms with Crippen LogP contribution in [0.2, 0.25) is 0 Å². The second-order valence-electron chi connectivity index (χ2n) is 10.6. The lowest BCUT2D eigenvalue weighted by Gasteiger charge is -2.29. The highest BCUT2D eigenvalue weighted by atomic mass is 19.2. The molecule has 2 aromatic heterocycles. The van der Waals surface area contributed by atoms with Gasteiger partial charge in [0.15, 0.2) is 17.5 Å². The summed E-state index contributed by atoms with van der Waals surface area (Å²) < 4.78 is 48.3. The van der Waals surface area contributed by atoms with Gasteiger partial charge in [0.05, 0.1) is 24.8 Å². The molecule has 2 aromatic carbocycles. The normalized spacial score (nSPS) is 16.4. The standard InChI is InChI=1S/C31H31F3N4O4/c1-37-10-2-4-20(16-37)18-42-28-8-9-35-26-7-6-19(12-23(26)28)15-36-30(40)22-5-3-11-38(31(22)41)27(17-39)21-13-24(32)29(34)25(33)14-21/h3,5-9,11-14,20,27,39H,2,4,10,15-18H2,1H3,(H,36,40)/t20-,27?/m1/s1. The fraction of sp³-hybridized carbons (Fsp3) is 0.323. The van der Waals surface area contributed by atoms with E-state index in [2.05, 4.69) is 22.2 Å². The van der Waals surface area contributed by atoms with E-state index in [0.29, 0.717) is 30.4 Å². The highest BCUT2D eigenvalue weighted by molar-refractivity contribution is 5.94. The van der Waals surface area contributed by atoms with Crippen molar-refractivity contribution in [3.63, 3.8) is 0 Å². The number of pyridine rings is 2. The van der Waals surface area contributed by atoms with Crippen LogP contribution in [0.15, 0.2) is 65.7 Å². The van der Waals surface area contributed by atoms with Crippen LogP contribution < -0.4 is 15.6 Å². The molecule has 1 aliphatic rings. The molecule has 1 unspecified atom stereocenters. The quantitative estimate of drug-likeness (QED) is 0.290. The molecule has 0 saturated carbocycles. The largest absolute Gasteiger partial charge is 0.492 e. The number of nitrogens with one attached hydrogen (secondary N) is 1. The Morgan fingerprint density at radius 3 is 2.69 bits per heavy atom. The molecule has 1 fully saturated rings. The first-order valence-electron chi connectivity index (χ1n) is 13.7. The summed E-state index contributed by atoms with van der Waals surface area (Å²) in [4.78, 5) is 32.9. The summed E-state index contributed by atoms with van der Waals surface area (Å²) in [6, 6.07) is 10.2. The zero-order valence-corrected chi connectivity index (χ0v) is 23.0. The monoisotopic (exact) mass is 580 g/mol. The van der Waals surface area contributed by atoms with Gasteiger partial charge in [-0.25, -0.2) is 13.2 Å². The molecule has 11 heteroatoms. The number of rotatable bonds is 9. The maximum absolute atomic E-state index is 13.8. The molecule has 1 saturated heterocycles. The van der Waals surface area contributed by atoms with Crippen molar-refractivity contribution in [3.8, 4) is 5.75 Å². The molecule has 1 aliphatic heterocycles. The van der Waals surface area contributed by atoms with Crippen molar-refractivity contribution >= 4 is 16.8 Å². The number of aromatic nitrogens is 2. The number of aliphatic hydroxyl groups is 1. The summed E-state index contributed by atoms with van der Waals surface area (Å²) in [5.74, 6) is -4.09. The minimum atomic E-state index is -1.66. The van der Waals surface area contributed by atoms with E-state index < -0.39 is 41.6 Å². The number of likely N-dealkylation sites (tertiary alicyclic amines) is 1. The first kappa shape index (κ1) is 29.3. The Hall–Kier alpha value is -4.22. The number of amides is 1. The van der Waals surface area contributed by atoms with Gasteiger partial charge in [-0.1, -0.05) is 6.07 Å². The molecule has 4 aromatic rings. The van der Waals surface area contributed by atoms with Crippen LogP contribution in [0.5, 0.6) is 5.75 Å². The fourth-order valence-corrected chi connectivity index (χ4v) is 5.35. The number of carbonyl (C=O) groups is 1. The molecule has 0 aliphatic carbocycles. The van der Waals surface area contributed by atoms with E-state index in [1.807, 2.05) is 24.3 Å². The predicted molar refractivity (Wildman–Crippen MR) is 151 cm³/mol. The lowest BCUT2D eigenvalue weighted by atomic mass is 9.99. The van der Waals surface area contributed by atoms with Gasteiger partial charge in [0.2, 0.25) is 0 Å². The molecule has 42 heavy (non-hydrogen) atoms. The third-order valence-electron chi connectivity index (χ3n) is 7.53. The van der Waals surface area contributed by atoms with E-state index in [-0.39, 0.29) is 17.7 Å². The van der Waals surface area contributed by atoms with Crippen LogP contribution in [0.3, 0.4) is 0 Å². The second-order valence-corrected chi connectivity index (χ2v) is 10.6. The van der Waals surface area contributed by atoms with Crippen molar-refractivity contribution in [3.05, 3.63) is 105 Å². The van der Waals surface area contributed by atoms with E-state index in [1.54, 1.807) is 6.20 Å². The summed E-state index contributed by atoms with van der Waals surface area (Å²) in [7, 11) is 2.11. The van der Waals surface area contributed by atoms with Gasteiger partial charge in [0.1, 0.15) is 11.3 Å². The Bertz CT molecular complexity index is 1640. The number of hydrogen-bond donors (Lipinski definition) is 2. The van der Waals surface area contributed by atoms with Gasteiger partial charge < -0.3 is 24.6 Å². The minimum Gasteiger partial charge on any atom is -0.492 e. The minimum absolute atomic E-state index is 0.0999. The van der Waals surface area contributed by atoms with Gasteiger partial charge in [0, 0.05) is 36.8 Å². The zero-order chi connectivity index (χ0) is 29.8. The number of hydrogen-bond acceptors (Lipinski definition) is 6. The molecule has 0 bridgehead atoms. The maximum Gasteiger partial charge on any atom is 0.264 e. The van der Waals surface area contributed by atoms with Crippen molar-refractivity contribution in [2.75, 3.05) is 33.4 Å². The van der Waals surface area contributed by atoms with Crippen molar-refractivity contribution in [2.45, 2.75) is 25.4 Å². The number of halogens is 3. The molecule has 1 amide bonds. The summed E-state index contributed by atoms with van der Waals surface area (Å²) >= 11 is 0. The molecule has 0 spiro atoms. The molecule has 0 radical (unpaired) electrons. The lowest BCUT2D eigenvalue weighted by molar-refractivity contribution is 0.0948. The Balaban J connectivity index is 1.31. The van der Waals surface area contributed by atoms with Crippen LogP contribution in [0, 0.1) is 23.4 Å². The van der Waals surface area contributed by atoms with Crippen LogP contribution in [0.25, 0.3) is 10.9 Å². The molecular formula is C31H31F3N4O4. The molecular weight excluding hydrogens is 549 g/mol. The molecule has 2 atom stereocenters. The van der Waals surface area contributed by atoms with E-state index in [4.69, 9.17) is 4.74 Å². The molecule has 8 nitrogen and oxygen atoms in total. The van der Waals surface area contributed by atoms with E-state index >= 15 is 0 Å². The summed E-state index contributed by atoms with van der Waals surface area (Å²) in [5.41, 5.74) is 0.326. The number of fused-ring (bicyclic) bond motifs is 1. The predicted octanol–water partition coefficient (Wildman–Crippen LogP) is 4.05. The van der Waals surface area contributed by atoms with Crippen molar-refractivity contribution < 1.29 is 27.8 Å². The second kappa shape index (κ2) is 12.7. The molecule has 220 valence electrons. The van der Waals surface area contributed by atoms with Gasteiger partial charge in [-0.05, 0) is 80.0 Å². The smallest absolute Gasteiger partial charge is 0.264 e. The Morgan fingerprint density at radius 1 is 1.17 bits per heavy atom. The highest BCUT2D eigenvalue weighted by Crippen LogP contribution is 2.27. The van der Waals surface area contributed by atoms with Crippen molar-refractivity contribution in [1.82, 2.24) is 19.8 Å². The van der Waals surface area contributed by atoms with E-state index in [0.717, 1.165) is 47.0 Å². The molecule has 3 heterocycles. The third-order valence-corrected chi connectivity index (χ3v) is 7.53. The number of benzene rings is 2. The van der Waals surface area contributed by atoms with Gasteiger partial charge in [-0.15, -0.1) is 0 Å².